The maximum Gasteiger partial charge on any atom is 0.141 e. The first-order valence-electron chi connectivity index (χ1n) is 5.11. The summed E-state index contributed by atoms with van der Waals surface area (Å²) in [5, 5.41) is 0. The molecule has 1 heterocycles. The van der Waals surface area contributed by atoms with Gasteiger partial charge in [-0.3, -0.25) is 0 Å². The van der Waals surface area contributed by atoms with Crippen molar-refractivity contribution >= 4 is 15.9 Å². The fourth-order valence-electron chi connectivity index (χ4n) is 1.76. The summed E-state index contributed by atoms with van der Waals surface area (Å²) in [6, 6.07) is 8.29. The molecule has 0 bridgehead atoms. The fraction of sp³-hybridized carbons (Fsp3) is 0.250. The summed E-state index contributed by atoms with van der Waals surface area (Å²) in [6.07, 6.45) is 0. The van der Waals surface area contributed by atoms with Crippen LogP contribution in [0.1, 0.15) is 11.3 Å². The first-order valence-corrected chi connectivity index (χ1v) is 5.91. The van der Waals surface area contributed by atoms with E-state index >= 15 is 0 Å². The molecule has 3 nitrogen and oxygen atoms in total. The van der Waals surface area contributed by atoms with E-state index in [1.807, 2.05) is 17.7 Å². The third-order valence-electron chi connectivity index (χ3n) is 2.63. The number of hydrogen-bond acceptors (Lipinski definition) is 2. The zero-order chi connectivity index (χ0) is 11.7. The Morgan fingerprint density at radius 2 is 2.19 bits per heavy atom. The van der Waals surface area contributed by atoms with E-state index in [0.717, 1.165) is 21.7 Å². The molecule has 16 heavy (non-hydrogen) atoms. The molecule has 0 aliphatic heterocycles. The summed E-state index contributed by atoms with van der Waals surface area (Å²) in [4.78, 5) is 4.49. The van der Waals surface area contributed by atoms with Crippen LogP contribution in [0.2, 0.25) is 0 Å². The monoisotopic (exact) mass is 279 g/mol. The molecular formula is C12H14BrN3. The molecule has 84 valence electrons. The van der Waals surface area contributed by atoms with Crippen LogP contribution in [0.15, 0.2) is 28.9 Å². The molecule has 0 spiro atoms. The SMILES string of the molecule is Cc1cccc(-c2nc(Br)c(CN)n2C)c1. The molecule has 0 aliphatic rings. The first-order chi connectivity index (χ1) is 7.63. The summed E-state index contributed by atoms with van der Waals surface area (Å²) >= 11 is 3.43. The lowest BCUT2D eigenvalue weighted by molar-refractivity contribution is 0.825. The second-order valence-corrected chi connectivity index (χ2v) is 4.56. The van der Waals surface area contributed by atoms with Crippen LogP contribution < -0.4 is 5.73 Å². The summed E-state index contributed by atoms with van der Waals surface area (Å²) in [6.45, 7) is 2.56. The van der Waals surface area contributed by atoms with Gasteiger partial charge in [-0.1, -0.05) is 23.8 Å². The Hall–Kier alpha value is -1.13. The number of halogens is 1. The van der Waals surface area contributed by atoms with Crippen molar-refractivity contribution in [2.45, 2.75) is 13.5 Å². The molecule has 2 rings (SSSR count). The predicted octanol–water partition coefficient (Wildman–Crippen LogP) is 2.62. The fourth-order valence-corrected chi connectivity index (χ4v) is 2.36. The van der Waals surface area contributed by atoms with Gasteiger partial charge in [-0.25, -0.2) is 4.98 Å². The van der Waals surface area contributed by atoms with Gasteiger partial charge in [-0.05, 0) is 28.9 Å². The van der Waals surface area contributed by atoms with Crippen LogP contribution in [0.5, 0.6) is 0 Å². The highest BCUT2D eigenvalue weighted by molar-refractivity contribution is 9.10. The highest BCUT2D eigenvalue weighted by atomic mass is 79.9. The van der Waals surface area contributed by atoms with E-state index in [2.05, 4.69) is 46.0 Å². The molecule has 1 aromatic heterocycles. The number of hydrogen-bond donors (Lipinski definition) is 1. The maximum atomic E-state index is 5.68. The normalized spacial score (nSPS) is 10.8. The lowest BCUT2D eigenvalue weighted by atomic mass is 10.1. The molecule has 0 unspecified atom stereocenters. The minimum absolute atomic E-state index is 0.482. The largest absolute Gasteiger partial charge is 0.329 e. The molecule has 2 N–H and O–H groups in total. The molecule has 0 saturated carbocycles. The quantitative estimate of drug-likeness (QED) is 0.919. The van der Waals surface area contributed by atoms with Gasteiger partial charge in [-0.2, -0.15) is 0 Å². The Morgan fingerprint density at radius 1 is 1.44 bits per heavy atom. The molecular weight excluding hydrogens is 266 g/mol. The molecule has 0 atom stereocenters. The number of nitrogens with zero attached hydrogens (tertiary/aromatic N) is 2. The summed E-state index contributed by atoms with van der Waals surface area (Å²) in [7, 11) is 1.98. The number of aryl methyl sites for hydroxylation is 1. The molecule has 4 heteroatoms. The average molecular weight is 280 g/mol. The van der Waals surface area contributed by atoms with Crippen LogP contribution in [0.4, 0.5) is 0 Å². The summed E-state index contributed by atoms with van der Waals surface area (Å²) in [5.74, 6) is 0.941. The van der Waals surface area contributed by atoms with Crippen molar-refractivity contribution in [3.63, 3.8) is 0 Å². The zero-order valence-corrected chi connectivity index (χ0v) is 11.0. The summed E-state index contributed by atoms with van der Waals surface area (Å²) < 4.78 is 2.85. The Kier molecular flexibility index (Phi) is 3.12. The third kappa shape index (κ3) is 1.90. The van der Waals surface area contributed by atoms with Crippen molar-refractivity contribution in [3.8, 4) is 11.4 Å². The summed E-state index contributed by atoms with van der Waals surface area (Å²) in [5.41, 5.74) is 9.03. The number of rotatable bonds is 2. The van der Waals surface area contributed by atoms with Crippen molar-refractivity contribution in [2.24, 2.45) is 12.8 Å². The second-order valence-electron chi connectivity index (χ2n) is 3.81. The van der Waals surface area contributed by atoms with Crippen molar-refractivity contribution < 1.29 is 0 Å². The van der Waals surface area contributed by atoms with E-state index in [9.17, 15) is 0 Å². The first kappa shape index (κ1) is 11.4. The van der Waals surface area contributed by atoms with Gasteiger partial charge in [-0.15, -0.1) is 0 Å². The number of imidazole rings is 1. The van der Waals surface area contributed by atoms with E-state index in [1.54, 1.807) is 0 Å². The van der Waals surface area contributed by atoms with E-state index < -0.39 is 0 Å². The Balaban J connectivity index is 2.56. The van der Waals surface area contributed by atoms with E-state index in [0.29, 0.717) is 6.54 Å². The second kappa shape index (κ2) is 4.39. The van der Waals surface area contributed by atoms with Crippen molar-refractivity contribution in [1.82, 2.24) is 9.55 Å². The molecule has 1 aromatic carbocycles. The molecule has 0 saturated heterocycles. The highest BCUT2D eigenvalue weighted by Crippen LogP contribution is 2.24. The lowest BCUT2D eigenvalue weighted by Gasteiger charge is -2.04. The Morgan fingerprint density at radius 3 is 2.75 bits per heavy atom. The Labute approximate surface area is 103 Å². The average Bonchev–Trinajstić information content (AvgIpc) is 2.54. The molecule has 2 aromatic rings. The number of aromatic nitrogens is 2. The maximum absolute atomic E-state index is 5.68. The van der Waals surface area contributed by atoms with Gasteiger partial charge >= 0.3 is 0 Å². The lowest BCUT2D eigenvalue weighted by Crippen LogP contribution is -2.04. The van der Waals surface area contributed by atoms with Gasteiger partial charge in [0.2, 0.25) is 0 Å². The van der Waals surface area contributed by atoms with Crippen LogP contribution in [0.25, 0.3) is 11.4 Å². The van der Waals surface area contributed by atoms with Crippen LogP contribution in [0, 0.1) is 6.92 Å². The van der Waals surface area contributed by atoms with Gasteiger partial charge in [0, 0.05) is 19.2 Å². The van der Waals surface area contributed by atoms with Gasteiger partial charge in [0.05, 0.1) is 5.69 Å². The number of benzene rings is 1. The zero-order valence-electron chi connectivity index (χ0n) is 9.37. The van der Waals surface area contributed by atoms with Crippen molar-refractivity contribution in [1.29, 1.82) is 0 Å². The highest BCUT2D eigenvalue weighted by Gasteiger charge is 2.12. The van der Waals surface area contributed by atoms with E-state index in [4.69, 9.17) is 5.73 Å². The number of nitrogens with two attached hydrogens (primary N) is 1. The van der Waals surface area contributed by atoms with E-state index in [-0.39, 0.29) is 0 Å². The molecule has 0 fully saturated rings. The van der Waals surface area contributed by atoms with Gasteiger partial charge in [0.15, 0.2) is 0 Å². The van der Waals surface area contributed by atoms with Gasteiger partial charge < -0.3 is 10.3 Å². The van der Waals surface area contributed by atoms with Gasteiger partial charge in [0.1, 0.15) is 10.4 Å². The molecule has 0 aliphatic carbocycles. The van der Waals surface area contributed by atoms with Crippen LogP contribution in [-0.2, 0) is 13.6 Å². The van der Waals surface area contributed by atoms with Crippen molar-refractivity contribution in [3.05, 3.63) is 40.1 Å². The van der Waals surface area contributed by atoms with Crippen LogP contribution in [-0.4, -0.2) is 9.55 Å². The smallest absolute Gasteiger partial charge is 0.141 e. The topological polar surface area (TPSA) is 43.8 Å². The Bertz CT molecular complexity index is 517. The van der Waals surface area contributed by atoms with Crippen LogP contribution in [0.3, 0.4) is 0 Å². The van der Waals surface area contributed by atoms with Crippen molar-refractivity contribution in [2.75, 3.05) is 0 Å². The molecule has 0 radical (unpaired) electrons. The van der Waals surface area contributed by atoms with Crippen LogP contribution >= 0.6 is 15.9 Å². The van der Waals surface area contributed by atoms with Gasteiger partial charge in [0.25, 0.3) is 0 Å². The third-order valence-corrected chi connectivity index (χ3v) is 3.27. The minimum Gasteiger partial charge on any atom is -0.329 e. The van der Waals surface area contributed by atoms with E-state index in [1.165, 1.54) is 5.56 Å². The molecule has 0 amide bonds. The minimum atomic E-state index is 0.482. The standard InChI is InChI=1S/C12H14BrN3/c1-8-4-3-5-9(6-8)12-15-11(13)10(7-14)16(12)2/h3-6H,7,14H2,1-2H3. The predicted molar refractivity (Wildman–Crippen MR) is 69.0 cm³/mol.